The van der Waals surface area contributed by atoms with Crippen LogP contribution in [0.15, 0.2) is 10.3 Å². The molecule has 18 heavy (non-hydrogen) atoms. The molecule has 1 unspecified atom stereocenters. The van der Waals surface area contributed by atoms with Gasteiger partial charge in [-0.2, -0.15) is 4.31 Å². The molecule has 1 atom stereocenters. The summed E-state index contributed by atoms with van der Waals surface area (Å²) in [4.78, 5) is 1.22. The van der Waals surface area contributed by atoms with Crippen LogP contribution in [0.25, 0.3) is 0 Å². The van der Waals surface area contributed by atoms with Crippen molar-refractivity contribution in [3.05, 3.63) is 15.8 Å². The largest absolute Gasteiger partial charge is 0.326 e. The van der Waals surface area contributed by atoms with Gasteiger partial charge in [-0.05, 0) is 30.2 Å². The first kappa shape index (κ1) is 14.0. The summed E-state index contributed by atoms with van der Waals surface area (Å²) < 4.78 is 26.9. The fourth-order valence-electron chi connectivity index (χ4n) is 2.45. The molecule has 1 aliphatic rings. The molecule has 0 aromatic carbocycles. The van der Waals surface area contributed by atoms with Gasteiger partial charge in [0.1, 0.15) is 4.90 Å². The minimum absolute atomic E-state index is 0.290. The van der Waals surface area contributed by atoms with Crippen molar-refractivity contribution in [3.63, 3.8) is 0 Å². The molecule has 0 amide bonds. The second-order valence-corrected chi connectivity index (χ2v) is 7.64. The number of hydrogen-bond donors (Lipinski definition) is 1. The van der Waals surface area contributed by atoms with Crippen molar-refractivity contribution >= 4 is 21.4 Å². The van der Waals surface area contributed by atoms with E-state index in [9.17, 15) is 8.42 Å². The Balaban J connectivity index is 2.34. The van der Waals surface area contributed by atoms with Crippen LogP contribution in [-0.2, 0) is 16.6 Å². The summed E-state index contributed by atoms with van der Waals surface area (Å²) in [5.41, 5.74) is 6.46. The minimum atomic E-state index is -3.35. The van der Waals surface area contributed by atoms with Crippen LogP contribution >= 0.6 is 11.3 Å². The Kier molecular flexibility index (Phi) is 4.11. The molecule has 0 bridgehead atoms. The molecule has 1 aromatic rings. The van der Waals surface area contributed by atoms with Crippen molar-refractivity contribution in [2.75, 3.05) is 13.1 Å². The lowest BCUT2D eigenvalue weighted by molar-refractivity contribution is 0.452. The van der Waals surface area contributed by atoms with Gasteiger partial charge >= 0.3 is 0 Å². The Morgan fingerprint density at radius 3 is 2.83 bits per heavy atom. The fourth-order valence-corrected chi connectivity index (χ4v) is 5.64. The van der Waals surface area contributed by atoms with Crippen LogP contribution in [0.2, 0.25) is 0 Å². The molecule has 0 spiro atoms. The summed E-state index contributed by atoms with van der Waals surface area (Å²) in [6, 6.07) is 0. The van der Waals surface area contributed by atoms with Gasteiger partial charge in [0.15, 0.2) is 0 Å². The normalized spacial score (nSPS) is 21.6. The number of hydrogen-bond acceptors (Lipinski definition) is 4. The van der Waals surface area contributed by atoms with E-state index >= 15 is 0 Å². The zero-order valence-corrected chi connectivity index (χ0v) is 12.5. The van der Waals surface area contributed by atoms with E-state index < -0.39 is 10.0 Å². The Morgan fingerprint density at radius 1 is 1.56 bits per heavy atom. The van der Waals surface area contributed by atoms with Crippen molar-refractivity contribution in [3.8, 4) is 0 Å². The molecule has 0 radical (unpaired) electrons. The van der Waals surface area contributed by atoms with Crippen LogP contribution in [0.5, 0.6) is 0 Å². The van der Waals surface area contributed by atoms with E-state index in [4.69, 9.17) is 5.73 Å². The molecule has 2 rings (SSSR count). The van der Waals surface area contributed by atoms with Gasteiger partial charge in [-0.1, -0.05) is 13.3 Å². The number of thiophene rings is 1. The van der Waals surface area contributed by atoms with E-state index in [2.05, 4.69) is 6.92 Å². The quantitative estimate of drug-likeness (QED) is 0.921. The summed E-state index contributed by atoms with van der Waals surface area (Å²) in [6.07, 6.45) is 2.01. The molecule has 1 aliphatic heterocycles. The van der Waals surface area contributed by atoms with Crippen molar-refractivity contribution in [1.82, 2.24) is 4.31 Å². The second kappa shape index (κ2) is 5.28. The third-order valence-electron chi connectivity index (χ3n) is 3.60. The van der Waals surface area contributed by atoms with Gasteiger partial charge in [0.2, 0.25) is 10.0 Å². The lowest BCUT2D eigenvalue weighted by Crippen LogP contribution is -2.29. The van der Waals surface area contributed by atoms with Crippen LogP contribution in [0.4, 0.5) is 0 Å². The first-order chi connectivity index (χ1) is 8.50. The van der Waals surface area contributed by atoms with Crippen LogP contribution < -0.4 is 5.73 Å². The molecule has 6 heteroatoms. The van der Waals surface area contributed by atoms with E-state index in [1.165, 1.54) is 11.3 Å². The van der Waals surface area contributed by atoms with E-state index in [0.717, 1.165) is 23.3 Å². The maximum Gasteiger partial charge on any atom is 0.244 e. The van der Waals surface area contributed by atoms with E-state index in [1.807, 2.05) is 12.3 Å². The highest BCUT2D eigenvalue weighted by atomic mass is 32.2. The Morgan fingerprint density at radius 2 is 2.28 bits per heavy atom. The molecule has 4 nitrogen and oxygen atoms in total. The number of aryl methyl sites for hydroxylation is 1. The highest BCUT2D eigenvalue weighted by molar-refractivity contribution is 7.89. The number of sulfonamides is 1. The van der Waals surface area contributed by atoms with E-state index in [1.54, 1.807) is 4.31 Å². The highest BCUT2D eigenvalue weighted by Gasteiger charge is 2.34. The minimum Gasteiger partial charge on any atom is -0.326 e. The third kappa shape index (κ3) is 2.34. The van der Waals surface area contributed by atoms with Gasteiger partial charge < -0.3 is 5.73 Å². The maximum atomic E-state index is 12.6. The first-order valence-corrected chi connectivity index (χ1v) is 8.59. The van der Waals surface area contributed by atoms with Gasteiger partial charge in [0.05, 0.1) is 0 Å². The standard InChI is InChI=1S/C12H20N2O2S2/c1-3-10-4-5-14(7-10)18(15,16)12-9(2)8-17-11(12)6-13/h8,10H,3-7,13H2,1-2H3. The summed E-state index contributed by atoms with van der Waals surface area (Å²) in [6.45, 7) is 5.54. The number of nitrogens with zero attached hydrogens (tertiary/aromatic N) is 1. The van der Waals surface area contributed by atoms with Crippen LogP contribution in [-0.4, -0.2) is 25.8 Å². The Hall–Kier alpha value is -0.430. The topological polar surface area (TPSA) is 63.4 Å². The van der Waals surface area contributed by atoms with Gasteiger partial charge in [-0.25, -0.2) is 8.42 Å². The van der Waals surface area contributed by atoms with E-state index in [0.29, 0.717) is 23.9 Å². The molecule has 2 heterocycles. The van der Waals surface area contributed by atoms with Crippen LogP contribution in [0, 0.1) is 12.8 Å². The Labute approximate surface area is 113 Å². The van der Waals surface area contributed by atoms with Gasteiger partial charge in [0, 0.05) is 24.5 Å². The molecule has 1 aromatic heterocycles. The summed E-state index contributed by atoms with van der Waals surface area (Å²) in [7, 11) is -3.35. The molecule has 102 valence electrons. The third-order valence-corrected chi connectivity index (χ3v) is 6.95. The second-order valence-electron chi connectivity index (χ2n) is 4.80. The van der Waals surface area contributed by atoms with Gasteiger partial charge in [-0.15, -0.1) is 11.3 Å². The van der Waals surface area contributed by atoms with Gasteiger partial charge in [0.25, 0.3) is 0 Å². The smallest absolute Gasteiger partial charge is 0.244 e. The predicted molar refractivity (Wildman–Crippen MR) is 74.1 cm³/mol. The molecule has 2 N–H and O–H groups in total. The lowest BCUT2D eigenvalue weighted by atomic mass is 10.1. The van der Waals surface area contributed by atoms with Crippen molar-refractivity contribution in [1.29, 1.82) is 0 Å². The zero-order chi connectivity index (χ0) is 13.3. The molecule has 1 fully saturated rings. The van der Waals surface area contributed by atoms with Crippen LogP contribution in [0.1, 0.15) is 30.2 Å². The average molecular weight is 288 g/mol. The lowest BCUT2D eigenvalue weighted by Gasteiger charge is -2.17. The maximum absolute atomic E-state index is 12.6. The highest BCUT2D eigenvalue weighted by Crippen LogP contribution is 2.32. The molecule has 1 saturated heterocycles. The summed E-state index contributed by atoms with van der Waals surface area (Å²) in [5, 5.41) is 1.88. The number of nitrogens with two attached hydrogens (primary N) is 1. The fraction of sp³-hybridized carbons (Fsp3) is 0.667. The zero-order valence-electron chi connectivity index (χ0n) is 10.8. The summed E-state index contributed by atoms with van der Waals surface area (Å²) >= 11 is 1.44. The van der Waals surface area contributed by atoms with Gasteiger partial charge in [-0.3, -0.25) is 0 Å². The van der Waals surface area contributed by atoms with Crippen molar-refractivity contribution in [2.24, 2.45) is 11.7 Å². The average Bonchev–Trinajstić information content (AvgIpc) is 2.95. The summed E-state index contributed by atoms with van der Waals surface area (Å²) in [5.74, 6) is 0.500. The predicted octanol–water partition coefficient (Wildman–Crippen LogP) is 1.94. The molecular weight excluding hydrogens is 268 g/mol. The molecule has 0 saturated carbocycles. The molecule has 0 aliphatic carbocycles. The SMILES string of the molecule is CCC1CCN(S(=O)(=O)c2c(C)csc2CN)C1. The number of rotatable bonds is 4. The first-order valence-electron chi connectivity index (χ1n) is 6.27. The Bertz CT molecular complexity index is 522. The molecular formula is C12H20N2O2S2. The van der Waals surface area contributed by atoms with E-state index in [-0.39, 0.29) is 6.54 Å². The van der Waals surface area contributed by atoms with Crippen LogP contribution in [0.3, 0.4) is 0 Å². The van der Waals surface area contributed by atoms with Crippen molar-refractivity contribution < 1.29 is 8.42 Å². The monoisotopic (exact) mass is 288 g/mol. The van der Waals surface area contributed by atoms with Crippen molar-refractivity contribution in [2.45, 2.75) is 38.1 Å².